The van der Waals surface area contributed by atoms with Crippen LogP contribution in [0.25, 0.3) is 0 Å². The monoisotopic (exact) mass is 382 g/mol. The number of carbonyl (C=O) groups excluding carboxylic acids is 3. The van der Waals surface area contributed by atoms with Crippen LogP contribution in [0.1, 0.15) is 23.7 Å². The number of amides is 2. The van der Waals surface area contributed by atoms with Crippen molar-refractivity contribution >= 4 is 18.0 Å². The predicted octanol–water partition coefficient (Wildman–Crippen LogP) is 1.12. The number of hydrogen-bond acceptors (Lipinski definition) is 7. The predicted molar refractivity (Wildman–Crippen MR) is 96.7 cm³/mol. The van der Waals surface area contributed by atoms with Crippen molar-refractivity contribution in [3.05, 3.63) is 29.8 Å². The minimum absolute atomic E-state index is 0.0179. The number of methoxy groups -OCH3 is 1. The van der Waals surface area contributed by atoms with Crippen LogP contribution in [0.4, 0.5) is 4.79 Å². The van der Waals surface area contributed by atoms with E-state index < -0.39 is 6.16 Å². The first-order valence-electron chi connectivity index (χ1n) is 8.63. The van der Waals surface area contributed by atoms with Crippen molar-refractivity contribution in [2.24, 2.45) is 0 Å². The molecular weight excluding hydrogens is 356 g/mol. The normalized spacial score (nSPS) is 10.1. The van der Waals surface area contributed by atoms with Gasteiger partial charge >= 0.3 is 6.16 Å². The molecule has 9 nitrogen and oxygen atoms in total. The largest absolute Gasteiger partial charge is 0.513 e. The van der Waals surface area contributed by atoms with Gasteiger partial charge in [0, 0.05) is 25.8 Å². The minimum atomic E-state index is -0.791. The second-order valence-electron chi connectivity index (χ2n) is 5.31. The first kappa shape index (κ1) is 22.4. The molecule has 0 bridgehead atoms. The lowest BCUT2D eigenvalue weighted by molar-refractivity contribution is -0.126. The lowest BCUT2D eigenvalue weighted by atomic mass is 10.2. The standard InChI is InChI=1S/C18H26N2O7/c1-3-26-18(23)27-15-7-5-14(6-8-15)17(22)20-10-4-9-19-16(21)13-25-12-11-24-2/h5-8H,3-4,9-13H2,1-2H3,(H,19,21)(H,20,22). The van der Waals surface area contributed by atoms with Gasteiger partial charge in [0.1, 0.15) is 12.4 Å². The van der Waals surface area contributed by atoms with E-state index in [1.165, 1.54) is 12.1 Å². The number of ether oxygens (including phenoxy) is 4. The summed E-state index contributed by atoms with van der Waals surface area (Å²) in [6.45, 7) is 3.52. The highest BCUT2D eigenvalue weighted by Crippen LogP contribution is 2.12. The van der Waals surface area contributed by atoms with Crippen molar-refractivity contribution < 1.29 is 33.3 Å². The molecule has 0 atom stereocenters. The molecule has 1 aromatic carbocycles. The van der Waals surface area contributed by atoms with E-state index >= 15 is 0 Å². The molecular formula is C18H26N2O7. The summed E-state index contributed by atoms with van der Waals surface area (Å²) in [6, 6.07) is 6.11. The Morgan fingerprint density at radius 1 is 1.00 bits per heavy atom. The Labute approximate surface area is 158 Å². The van der Waals surface area contributed by atoms with Crippen LogP contribution in [0.5, 0.6) is 5.75 Å². The third-order valence-corrected chi connectivity index (χ3v) is 3.21. The average Bonchev–Trinajstić information content (AvgIpc) is 2.65. The Kier molecular flexibility index (Phi) is 11.2. The number of carbonyl (C=O) groups is 3. The van der Waals surface area contributed by atoms with Gasteiger partial charge in [-0.2, -0.15) is 0 Å². The van der Waals surface area contributed by atoms with Gasteiger partial charge in [-0.25, -0.2) is 4.79 Å². The van der Waals surface area contributed by atoms with Crippen molar-refractivity contribution in [1.82, 2.24) is 10.6 Å². The molecule has 0 aliphatic heterocycles. The summed E-state index contributed by atoms with van der Waals surface area (Å²) in [5.74, 6) is -0.179. The summed E-state index contributed by atoms with van der Waals surface area (Å²) in [6.07, 6.45) is -0.208. The van der Waals surface area contributed by atoms with Gasteiger partial charge in [-0.1, -0.05) is 0 Å². The topological polar surface area (TPSA) is 112 Å². The van der Waals surface area contributed by atoms with Crippen molar-refractivity contribution in [1.29, 1.82) is 0 Å². The molecule has 1 aromatic rings. The molecule has 150 valence electrons. The van der Waals surface area contributed by atoms with E-state index in [2.05, 4.69) is 15.4 Å². The number of benzene rings is 1. The molecule has 0 aromatic heterocycles. The highest BCUT2D eigenvalue weighted by molar-refractivity contribution is 5.94. The quantitative estimate of drug-likeness (QED) is 0.316. The second-order valence-corrected chi connectivity index (χ2v) is 5.31. The lowest BCUT2D eigenvalue weighted by Gasteiger charge is -2.08. The molecule has 27 heavy (non-hydrogen) atoms. The summed E-state index contributed by atoms with van der Waals surface area (Å²) in [5, 5.41) is 5.44. The summed E-state index contributed by atoms with van der Waals surface area (Å²) in [4.78, 5) is 34.7. The maximum Gasteiger partial charge on any atom is 0.513 e. The minimum Gasteiger partial charge on any atom is -0.434 e. The molecule has 2 N–H and O–H groups in total. The molecule has 0 radical (unpaired) electrons. The molecule has 0 unspecified atom stereocenters. The third kappa shape index (κ3) is 10.2. The highest BCUT2D eigenvalue weighted by atomic mass is 16.7. The second kappa shape index (κ2) is 13.5. The summed E-state index contributed by atoms with van der Waals surface area (Å²) in [5.41, 5.74) is 0.432. The smallest absolute Gasteiger partial charge is 0.434 e. The number of rotatable bonds is 12. The highest BCUT2D eigenvalue weighted by Gasteiger charge is 2.08. The zero-order valence-corrected chi connectivity index (χ0v) is 15.6. The van der Waals surface area contributed by atoms with Crippen LogP contribution >= 0.6 is 0 Å². The van der Waals surface area contributed by atoms with Gasteiger partial charge in [0.25, 0.3) is 5.91 Å². The van der Waals surface area contributed by atoms with Gasteiger partial charge in [0.05, 0.1) is 19.8 Å². The zero-order chi connectivity index (χ0) is 19.9. The molecule has 1 rings (SSSR count). The first-order valence-corrected chi connectivity index (χ1v) is 8.63. The van der Waals surface area contributed by atoms with E-state index in [-0.39, 0.29) is 25.0 Å². The van der Waals surface area contributed by atoms with Gasteiger partial charge in [-0.15, -0.1) is 0 Å². The van der Waals surface area contributed by atoms with Crippen LogP contribution < -0.4 is 15.4 Å². The van der Waals surface area contributed by atoms with Crippen LogP contribution in [0.2, 0.25) is 0 Å². The molecule has 9 heteroatoms. The molecule has 0 spiro atoms. The fourth-order valence-corrected chi connectivity index (χ4v) is 1.90. The van der Waals surface area contributed by atoms with E-state index in [0.29, 0.717) is 44.0 Å². The Morgan fingerprint density at radius 2 is 1.70 bits per heavy atom. The van der Waals surface area contributed by atoms with Gasteiger partial charge in [0.2, 0.25) is 5.91 Å². The van der Waals surface area contributed by atoms with E-state index in [0.717, 1.165) is 0 Å². The fourth-order valence-electron chi connectivity index (χ4n) is 1.90. The van der Waals surface area contributed by atoms with Gasteiger partial charge in [-0.3, -0.25) is 9.59 Å². The Hall–Kier alpha value is -2.65. The molecule has 0 fully saturated rings. The third-order valence-electron chi connectivity index (χ3n) is 3.21. The molecule has 0 aliphatic carbocycles. The Morgan fingerprint density at radius 3 is 2.37 bits per heavy atom. The number of nitrogens with one attached hydrogen (secondary N) is 2. The molecule has 2 amide bonds. The van der Waals surface area contributed by atoms with Crippen LogP contribution in [0, 0.1) is 0 Å². The summed E-state index contributed by atoms with van der Waals surface area (Å²) < 4.78 is 19.5. The first-order chi connectivity index (χ1) is 13.1. The van der Waals surface area contributed by atoms with Crippen LogP contribution in [-0.4, -0.2) is 64.6 Å². The van der Waals surface area contributed by atoms with E-state index in [1.54, 1.807) is 26.2 Å². The van der Waals surface area contributed by atoms with Gasteiger partial charge in [0.15, 0.2) is 0 Å². The van der Waals surface area contributed by atoms with Crippen molar-refractivity contribution in [3.63, 3.8) is 0 Å². The Bertz CT molecular complexity index is 590. The Balaban J connectivity index is 2.19. The molecule has 0 saturated carbocycles. The maximum absolute atomic E-state index is 12.0. The van der Waals surface area contributed by atoms with Crippen LogP contribution in [0.3, 0.4) is 0 Å². The maximum atomic E-state index is 12.0. The molecule has 0 aliphatic rings. The summed E-state index contributed by atoms with van der Waals surface area (Å²) in [7, 11) is 1.56. The fraction of sp³-hybridized carbons (Fsp3) is 0.500. The number of hydrogen-bond donors (Lipinski definition) is 2. The van der Waals surface area contributed by atoms with E-state index in [9.17, 15) is 14.4 Å². The lowest BCUT2D eigenvalue weighted by Crippen LogP contribution is -2.32. The van der Waals surface area contributed by atoms with Gasteiger partial charge < -0.3 is 29.6 Å². The van der Waals surface area contributed by atoms with Crippen molar-refractivity contribution in [2.45, 2.75) is 13.3 Å². The van der Waals surface area contributed by atoms with Crippen LogP contribution in [0.15, 0.2) is 24.3 Å². The van der Waals surface area contributed by atoms with Crippen molar-refractivity contribution in [2.75, 3.05) is 46.6 Å². The van der Waals surface area contributed by atoms with Crippen molar-refractivity contribution in [3.8, 4) is 5.75 Å². The van der Waals surface area contributed by atoms with Gasteiger partial charge in [-0.05, 0) is 37.6 Å². The van der Waals surface area contributed by atoms with E-state index in [4.69, 9.17) is 14.2 Å². The van der Waals surface area contributed by atoms with E-state index in [1.807, 2.05) is 0 Å². The summed E-state index contributed by atoms with van der Waals surface area (Å²) >= 11 is 0. The zero-order valence-electron chi connectivity index (χ0n) is 15.6. The molecule has 0 heterocycles. The van der Waals surface area contributed by atoms with Crippen LogP contribution in [-0.2, 0) is 19.0 Å². The SMILES string of the molecule is CCOC(=O)Oc1ccc(C(=O)NCCCNC(=O)COCCOC)cc1. The average molecular weight is 382 g/mol. The molecule has 0 saturated heterocycles.